The third-order valence-corrected chi connectivity index (χ3v) is 4.64. The lowest BCUT2D eigenvalue weighted by Crippen LogP contribution is -2.39. The van der Waals surface area contributed by atoms with Crippen LogP contribution < -0.4 is 10.5 Å². The predicted molar refractivity (Wildman–Crippen MR) is 79.4 cm³/mol. The highest BCUT2D eigenvalue weighted by atomic mass is 19.3. The number of halogens is 2. The number of rotatable bonds is 6. The fourth-order valence-electron chi connectivity index (χ4n) is 3.28. The smallest absolute Gasteiger partial charge is 0.387 e. The van der Waals surface area contributed by atoms with Crippen molar-refractivity contribution in [3.8, 4) is 5.75 Å². The Labute approximate surface area is 125 Å². The van der Waals surface area contributed by atoms with Crippen LogP contribution in [0, 0.1) is 5.92 Å². The van der Waals surface area contributed by atoms with Gasteiger partial charge < -0.3 is 10.5 Å². The summed E-state index contributed by atoms with van der Waals surface area (Å²) in [4.78, 5) is 2.35. The third kappa shape index (κ3) is 3.92. The summed E-state index contributed by atoms with van der Waals surface area (Å²) < 4.78 is 28.7. The van der Waals surface area contributed by atoms with Crippen molar-refractivity contribution in [2.24, 2.45) is 11.7 Å². The average Bonchev–Trinajstić information content (AvgIpc) is 2.94. The maximum atomic E-state index is 12.2. The average molecular weight is 298 g/mol. The fraction of sp³-hybridized carbons (Fsp3) is 0.625. The van der Waals surface area contributed by atoms with E-state index in [0.717, 1.165) is 12.1 Å². The van der Waals surface area contributed by atoms with E-state index in [4.69, 9.17) is 5.73 Å². The van der Waals surface area contributed by atoms with E-state index >= 15 is 0 Å². The van der Waals surface area contributed by atoms with Crippen LogP contribution in [0.4, 0.5) is 8.78 Å². The monoisotopic (exact) mass is 298 g/mol. The topological polar surface area (TPSA) is 38.5 Å². The van der Waals surface area contributed by atoms with Crippen LogP contribution in [0.25, 0.3) is 0 Å². The summed E-state index contributed by atoms with van der Waals surface area (Å²) in [5.74, 6) is 0.753. The molecule has 0 radical (unpaired) electrons. The maximum Gasteiger partial charge on any atom is 0.387 e. The second-order valence-electron chi connectivity index (χ2n) is 5.78. The highest BCUT2D eigenvalue weighted by molar-refractivity contribution is 5.29. The fourth-order valence-corrected chi connectivity index (χ4v) is 3.28. The largest absolute Gasteiger partial charge is 0.435 e. The molecule has 21 heavy (non-hydrogen) atoms. The number of benzene rings is 1. The lowest BCUT2D eigenvalue weighted by Gasteiger charge is -2.34. The summed E-state index contributed by atoms with van der Waals surface area (Å²) in [7, 11) is 2.12. The van der Waals surface area contributed by atoms with Gasteiger partial charge in [0.15, 0.2) is 0 Å². The van der Waals surface area contributed by atoms with Crippen LogP contribution in [0.5, 0.6) is 5.75 Å². The molecule has 5 heteroatoms. The molecule has 0 aromatic heterocycles. The van der Waals surface area contributed by atoms with E-state index in [1.54, 1.807) is 12.1 Å². The Bertz CT molecular complexity index is 438. The van der Waals surface area contributed by atoms with E-state index in [2.05, 4.69) is 23.6 Å². The van der Waals surface area contributed by atoms with Crippen molar-refractivity contribution >= 4 is 0 Å². The molecule has 0 spiro atoms. The first-order valence-electron chi connectivity index (χ1n) is 7.49. The molecule has 1 aliphatic carbocycles. The molecular weight excluding hydrogens is 274 g/mol. The number of nitrogens with zero attached hydrogens (tertiary/aromatic N) is 1. The first-order chi connectivity index (χ1) is 10.0. The van der Waals surface area contributed by atoms with E-state index in [0.29, 0.717) is 12.0 Å². The standard InChI is InChI=1S/C16H24F2N2O/c1-11(20(2)15-5-3-4-13(15)10-19)12-6-8-14(9-7-12)21-16(17)18/h6-9,11,13,15-16H,3-5,10,19H2,1-2H3. The number of hydrogen-bond donors (Lipinski definition) is 1. The van der Waals surface area contributed by atoms with Gasteiger partial charge in [0.1, 0.15) is 5.75 Å². The summed E-state index contributed by atoms with van der Waals surface area (Å²) in [6.07, 6.45) is 3.60. The van der Waals surface area contributed by atoms with E-state index < -0.39 is 6.61 Å². The van der Waals surface area contributed by atoms with Crippen molar-refractivity contribution in [2.75, 3.05) is 13.6 Å². The molecule has 0 amide bonds. The molecule has 2 N–H and O–H groups in total. The van der Waals surface area contributed by atoms with Crippen molar-refractivity contribution in [3.63, 3.8) is 0 Å². The van der Waals surface area contributed by atoms with Gasteiger partial charge in [-0.2, -0.15) is 8.78 Å². The van der Waals surface area contributed by atoms with Crippen molar-refractivity contribution in [2.45, 2.75) is 44.9 Å². The molecule has 118 valence electrons. The van der Waals surface area contributed by atoms with Crippen molar-refractivity contribution in [1.82, 2.24) is 4.90 Å². The van der Waals surface area contributed by atoms with Gasteiger partial charge in [0, 0.05) is 12.1 Å². The van der Waals surface area contributed by atoms with Crippen LogP contribution in [0.2, 0.25) is 0 Å². The molecule has 0 bridgehead atoms. The lowest BCUT2D eigenvalue weighted by atomic mass is 9.99. The first-order valence-corrected chi connectivity index (χ1v) is 7.49. The zero-order valence-electron chi connectivity index (χ0n) is 12.6. The molecule has 3 unspecified atom stereocenters. The SMILES string of the molecule is CC(c1ccc(OC(F)F)cc1)N(C)C1CCCC1CN. The van der Waals surface area contributed by atoms with Gasteiger partial charge >= 0.3 is 6.61 Å². The zero-order valence-corrected chi connectivity index (χ0v) is 12.6. The Kier molecular flexibility index (Phi) is 5.53. The molecule has 1 aromatic rings. The summed E-state index contributed by atoms with van der Waals surface area (Å²) in [6.45, 7) is 0.0809. The maximum absolute atomic E-state index is 12.2. The molecule has 1 aliphatic rings. The van der Waals surface area contributed by atoms with Gasteiger partial charge in [-0.1, -0.05) is 18.6 Å². The highest BCUT2D eigenvalue weighted by Crippen LogP contribution is 2.33. The van der Waals surface area contributed by atoms with E-state index in [9.17, 15) is 8.78 Å². The van der Waals surface area contributed by atoms with Crippen LogP contribution in [0.15, 0.2) is 24.3 Å². The van der Waals surface area contributed by atoms with Crippen molar-refractivity contribution in [1.29, 1.82) is 0 Å². The number of hydrogen-bond acceptors (Lipinski definition) is 3. The van der Waals surface area contributed by atoms with E-state index in [-0.39, 0.29) is 11.8 Å². The Morgan fingerprint density at radius 3 is 2.52 bits per heavy atom. The molecule has 2 rings (SSSR count). The molecule has 3 atom stereocenters. The van der Waals surface area contributed by atoms with E-state index in [1.165, 1.54) is 19.3 Å². The van der Waals surface area contributed by atoms with Gasteiger partial charge in [0.05, 0.1) is 0 Å². The van der Waals surface area contributed by atoms with Crippen LogP contribution in [0.1, 0.15) is 37.8 Å². The van der Waals surface area contributed by atoms with Crippen LogP contribution in [-0.4, -0.2) is 31.1 Å². The normalized spacial score (nSPS) is 23.8. The second-order valence-corrected chi connectivity index (χ2v) is 5.78. The van der Waals surface area contributed by atoms with Crippen LogP contribution >= 0.6 is 0 Å². The molecular formula is C16H24F2N2O. The van der Waals surface area contributed by atoms with Crippen LogP contribution in [-0.2, 0) is 0 Å². The van der Waals surface area contributed by atoms with Gasteiger partial charge in [0.25, 0.3) is 0 Å². The van der Waals surface area contributed by atoms with Gasteiger partial charge in [-0.05, 0) is 57.0 Å². The first kappa shape index (κ1) is 16.2. The minimum atomic E-state index is -2.78. The Morgan fingerprint density at radius 1 is 1.29 bits per heavy atom. The molecule has 3 nitrogen and oxygen atoms in total. The Balaban J connectivity index is 2.03. The third-order valence-electron chi connectivity index (χ3n) is 4.64. The molecule has 0 heterocycles. The Hall–Kier alpha value is -1.20. The molecule has 1 fully saturated rings. The quantitative estimate of drug-likeness (QED) is 0.874. The molecule has 0 aliphatic heterocycles. The van der Waals surface area contributed by atoms with Gasteiger partial charge in [-0.3, -0.25) is 4.90 Å². The van der Waals surface area contributed by atoms with Gasteiger partial charge in [0.2, 0.25) is 0 Å². The predicted octanol–water partition coefficient (Wildman–Crippen LogP) is 3.41. The summed E-state index contributed by atoms with van der Waals surface area (Å²) in [5, 5.41) is 0. The molecule has 0 saturated heterocycles. The van der Waals surface area contributed by atoms with Crippen molar-refractivity contribution < 1.29 is 13.5 Å². The highest BCUT2D eigenvalue weighted by Gasteiger charge is 2.31. The minimum absolute atomic E-state index is 0.198. The second kappa shape index (κ2) is 7.18. The minimum Gasteiger partial charge on any atom is -0.435 e. The lowest BCUT2D eigenvalue weighted by molar-refractivity contribution is -0.0498. The summed E-state index contributed by atoms with van der Waals surface area (Å²) in [6, 6.07) is 7.63. The van der Waals surface area contributed by atoms with Gasteiger partial charge in [-0.25, -0.2) is 0 Å². The van der Waals surface area contributed by atoms with Crippen molar-refractivity contribution in [3.05, 3.63) is 29.8 Å². The number of ether oxygens (including phenoxy) is 1. The zero-order chi connectivity index (χ0) is 15.4. The van der Waals surface area contributed by atoms with Gasteiger partial charge in [-0.15, -0.1) is 0 Å². The van der Waals surface area contributed by atoms with E-state index in [1.807, 2.05) is 12.1 Å². The number of alkyl halides is 2. The molecule has 1 saturated carbocycles. The summed E-state index contributed by atoms with van der Waals surface area (Å²) >= 11 is 0. The summed E-state index contributed by atoms with van der Waals surface area (Å²) in [5.41, 5.74) is 6.95. The number of nitrogens with two attached hydrogens (primary N) is 1. The Morgan fingerprint density at radius 2 is 1.95 bits per heavy atom. The molecule has 1 aromatic carbocycles. The van der Waals surface area contributed by atoms with Crippen LogP contribution in [0.3, 0.4) is 0 Å².